The molecule has 0 aliphatic heterocycles. The van der Waals surface area contributed by atoms with Gasteiger partial charge in [0.15, 0.2) is 0 Å². The van der Waals surface area contributed by atoms with E-state index in [9.17, 15) is 5.11 Å². The number of hydrogen-bond donors (Lipinski definition) is 0. The summed E-state index contributed by atoms with van der Waals surface area (Å²) >= 11 is 0. The summed E-state index contributed by atoms with van der Waals surface area (Å²) in [6.45, 7) is 11.2. The molecule has 16 heavy (non-hydrogen) atoms. The van der Waals surface area contributed by atoms with Crippen molar-refractivity contribution in [2.24, 2.45) is 5.41 Å². The summed E-state index contributed by atoms with van der Waals surface area (Å²) in [7, 11) is 0. The van der Waals surface area contributed by atoms with Gasteiger partial charge in [-0.1, -0.05) is 58.9 Å². The summed E-state index contributed by atoms with van der Waals surface area (Å²) in [6, 6.07) is 7.21. The standard InChI is InChI=1S/C14H22O.K/c1-13(2,3)10-14(4,5)11-6-8-12(15)9-7-11;/h6-9,15H,10H2,1-5H3;/q;+1/p-1. The fraction of sp³-hybridized carbons (Fsp3) is 0.571. The SMILES string of the molecule is CC(C)(C)CC(C)(C)c1ccc([O-])cc1.[K+]. The van der Waals surface area contributed by atoms with Crippen LogP contribution in [0.15, 0.2) is 24.3 Å². The van der Waals surface area contributed by atoms with Crippen molar-refractivity contribution in [3.8, 4) is 5.75 Å². The van der Waals surface area contributed by atoms with Gasteiger partial charge in [-0.3, -0.25) is 0 Å². The van der Waals surface area contributed by atoms with Crippen LogP contribution in [0.1, 0.15) is 46.6 Å². The van der Waals surface area contributed by atoms with Gasteiger partial charge in [0.25, 0.3) is 0 Å². The van der Waals surface area contributed by atoms with Crippen LogP contribution in [0.4, 0.5) is 0 Å². The second-order valence-electron chi connectivity index (χ2n) is 6.15. The quantitative estimate of drug-likeness (QED) is 0.694. The first kappa shape index (κ1) is 16.7. The van der Waals surface area contributed by atoms with Gasteiger partial charge < -0.3 is 5.11 Å². The van der Waals surface area contributed by atoms with Crippen molar-refractivity contribution in [1.82, 2.24) is 0 Å². The molecule has 0 amide bonds. The second-order valence-corrected chi connectivity index (χ2v) is 6.15. The van der Waals surface area contributed by atoms with E-state index in [1.807, 2.05) is 12.1 Å². The van der Waals surface area contributed by atoms with Gasteiger partial charge in [-0.2, -0.15) is 0 Å². The van der Waals surface area contributed by atoms with E-state index < -0.39 is 0 Å². The van der Waals surface area contributed by atoms with E-state index in [1.54, 1.807) is 12.1 Å². The van der Waals surface area contributed by atoms with Gasteiger partial charge >= 0.3 is 51.4 Å². The van der Waals surface area contributed by atoms with Crippen molar-refractivity contribution in [2.45, 2.75) is 46.5 Å². The molecule has 0 fully saturated rings. The van der Waals surface area contributed by atoms with E-state index in [0.29, 0.717) is 5.41 Å². The van der Waals surface area contributed by atoms with Crippen LogP contribution in [-0.2, 0) is 5.41 Å². The van der Waals surface area contributed by atoms with Crippen LogP contribution in [0, 0.1) is 5.41 Å². The monoisotopic (exact) mass is 244 g/mol. The summed E-state index contributed by atoms with van der Waals surface area (Å²) in [5.41, 5.74) is 1.68. The van der Waals surface area contributed by atoms with Gasteiger partial charge in [-0.25, -0.2) is 0 Å². The van der Waals surface area contributed by atoms with E-state index in [4.69, 9.17) is 0 Å². The van der Waals surface area contributed by atoms with Crippen LogP contribution in [0.25, 0.3) is 0 Å². The zero-order valence-electron chi connectivity index (χ0n) is 11.4. The molecule has 1 aromatic rings. The van der Waals surface area contributed by atoms with Crippen molar-refractivity contribution in [1.29, 1.82) is 0 Å². The molecular formula is C14H21KO. The predicted molar refractivity (Wildman–Crippen MR) is 63.0 cm³/mol. The van der Waals surface area contributed by atoms with E-state index in [1.165, 1.54) is 5.56 Å². The maximum atomic E-state index is 11.0. The third kappa shape index (κ3) is 5.32. The Morgan fingerprint density at radius 3 is 1.75 bits per heavy atom. The first-order chi connectivity index (χ1) is 6.71. The molecule has 1 aromatic carbocycles. The molecule has 0 unspecified atom stereocenters. The minimum Gasteiger partial charge on any atom is -0.872 e. The Morgan fingerprint density at radius 1 is 0.938 bits per heavy atom. The molecule has 0 atom stereocenters. The molecule has 0 spiro atoms. The molecule has 0 aromatic heterocycles. The number of hydrogen-bond acceptors (Lipinski definition) is 1. The summed E-state index contributed by atoms with van der Waals surface area (Å²) in [5.74, 6) is 0.0882. The molecule has 0 aliphatic carbocycles. The predicted octanol–water partition coefficient (Wildman–Crippen LogP) is 0.478. The first-order valence-electron chi connectivity index (χ1n) is 5.48. The molecular weight excluding hydrogens is 223 g/mol. The second kappa shape index (κ2) is 6.01. The van der Waals surface area contributed by atoms with Crippen molar-refractivity contribution in [3.05, 3.63) is 29.8 Å². The van der Waals surface area contributed by atoms with Crippen molar-refractivity contribution in [3.63, 3.8) is 0 Å². The summed E-state index contributed by atoms with van der Waals surface area (Å²) in [5, 5.41) is 11.0. The molecule has 0 heterocycles. The fourth-order valence-corrected chi connectivity index (χ4v) is 2.33. The van der Waals surface area contributed by atoms with Gasteiger partial charge in [-0.15, -0.1) is 5.75 Å². The zero-order chi connectivity index (χ0) is 11.7. The van der Waals surface area contributed by atoms with E-state index in [2.05, 4.69) is 34.6 Å². The van der Waals surface area contributed by atoms with E-state index >= 15 is 0 Å². The normalized spacial score (nSPS) is 12.1. The van der Waals surface area contributed by atoms with Crippen molar-refractivity contribution >= 4 is 0 Å². The Kier molecular flexibility index (Phi) is 6.26. The first-order valence-corrected chi connectivity index (χ1v) is 5.48. The third-order valence-electron chi connectivity index (χ3n) is 2.61. The molecule has 2 heteroatoms. The Bertz CT molecular complexity index is 320. The Labute approximate surface area is 142 Å². The largest absolute Gasteiger partial charge is 1.00 e. The molecule has 0 bridgehead atoms. The van der Waals surface area contributed by atoms with Gasteiger partial charge in [0.2, 0.25) is 0 Å². The van der Waals surface area contributed by atoms with Gasteiger partial charge in [0.1, 0.15) is 0 Å². The maximum absolute atomic E-state index is 11.0. The minimum absolute atomic E-state index is 0. The zero-order valence-corrected chi connectivity index (χ0v) is 14.5. The topological polar surface area (TPSA) is 23.1 Å². The van der Waals surface area contributed by atoms with Crippen LogP contribution in [0.2, 0.25) is 0 Å². The van der Waals surface area contributed by atoms with E-state index in [0.717, 1.165) is 6.42 Å². The molecule has 0 saturated heterocycles. The number of benzene rings is 1. The van der Waals surface area contributed by atoms with Gasteiger partial charge in [-0.05, 0) is 22.8 Å². The smallest absolute Gasteiger partial charge is 0.872 e. The molecule has 84 valence electrons. The fourth-order valence-electron chi connectivity index (χ4n) is 2.33. The summed E-state index contributed by atoms with van der Waals surface area (Å²) in [4.78, 5) is 0. The Hall–Kier alpha value is 0.656. The van der Waals surface area contributed by atoms with Gasteiger partial charge in [0, 0.05) is 0 Å². The van der Waals surface area contributed by atoms with Crippen LogP contribution in [-0.4, -0.2) is 0 Å². The molecule has 0 aliphatic rings. The van der Waals surface area contributed by atoms with Crippen LogP contribution < -0.4 is 56.5 Å². The van der Waals surface area contributed by atoms with Crippen LogP contribution in [0.5, 0.6) is 5.75 Å². The summed E-state index contributed by atoms with van der Waals surface area (Å²) in [6.07, 6.45) is 1.11. The number of rotatable bonds is 2. The Morgan fingerprint density at radius 2 is 1.38 bits per heavy atom. The third-order valence-corrected chi connectivity index (χ3v) is 2.61. The minimum atomic E-state index is 0. The average Bonchev–Trinajstić information content (AvgIpc) is 2.00. The molecule has 0 N–H and O–H groups in total. The van der Waals surface area contributed by atoms with Crippen molar-refractivity contribution < 1.29 is 56.5 Å². The van der Waals surface area contributed by atoms with Gasteiger partial charge in [0.05, 0.1) is 0 Å². The van der Waals surface area contributed by atoms with E-state index in [-0.39, 0.29) is 62.5 Å². The molecule has 1 nitrogen and oxygen atoms in total. The average molecular weight is 244 g/mol. The Balaban J connectivity index is 0.00000225. The van der Waals surface area contributed by atoms with Crippen molar-refractivity contribution in [2.75, 3.05) is 0 Å². The molecule has 0 saturated carbocycles. The van der Waals surface area contributed by atoms with Crippen LogP contribution in [0.3, 0.4) is 0 Å². The van der Waals surface area contributed by atoms with Crippen LogP contribution >= 0.6 is 0 Å². The summed E-state index contributed by atoms with van der Waals surface area (Å²) < 4.78 is 0. The maximum Gasteiger partial charge on any atom is 1.00 e. The molecule has 1 rings (SSSR count). The molecule has 0 radical (unpaired) electrons.